The van der Waals surface area contributed by atoms with Gasteiger partial charge in [-0.1, -0.05) is 6.07 Å². The third-order valence-corrected chi connectivity index (χ3v) is 3.55. The number of carbonyl (C=O) groups is 1. The van der Waals surface area contributed by atoms with E-state index in [0.29, 0.717) is 5.69 Å². The van der Waals surface area contributed by atoms with E-state index in [1.807, 2.05) is 24.0 Å². The number of aromatic nitrogens is 1. The predicted octanol–water partition coefficient (Wildman–Crippen LogP) is 0.497. The number of hydrogen-bond donors (Lipinski definition) is 1. The van der Waals surface area contributed by atoms with Crippen molar-refractivity contribution in [2.45, 2.75) is 13.3 Å². The highest BCUT2D eigenvalue weighted by Crippen LogP contribution is 2.10. The van der Waals surface area contributed by atoms with Crippen LogP contribution in [0.25, 0.3) is 0 Å². The van der Waals surface area contributed by atoms with Gasteiger partial charge in [-0.15, -0.1) is 0 Å². The lowest BCUT2D eigenvalue weighted by Gasteiger charge is -2.34. The lowest BCUT2D eigenvalue weighted by molar-refractivity contribution is 0.0630. The van der Waals surface area contributed by atoms with E-state index in [0.717, 1.165) is 51.3 Å². The summed E-state index contributed by atoms with van der Waals surface area (Å²) in [4.78, 5) is 20.8. The number of aryl methyl sites for hydroxylation is 1. The molecule has 5 heteroatoms. The number of piperazine rings is 1. The molecule has 1 fully saturated rings. The standard InChI is InChI=1S/C14H22N4O/c1-12-4-2-6-16-13(12)14(19)18-10-8-17(9-11-18)7-3-5-15/h2,4,6H,3,5,7-11,15H2,1H3. The number of hydrogen-bond acceptors (Lipinski definition) is 4. The number of amides is 1. The number of rotatable bonds is 4. The molecule has 104 valence electrons. The van der Waals surface area contributed by atoms with E-state index in [9.17, 15) is 4.79 Å². The fraction of sp³-hybridized carbons (Fsp3) is 0.571. The summed E-state index contributed by atoms with van der Waals surface area (Å²) in [5.74, 6) is 0.0524. The van der Waals surface area contributed by atoms with E-state index >= 15 is 0 Å². The first-order valence-corrected chi connectivity index (χ1v) is 6.85. The van der Waals surface area contributed by atoms with Gasteiger partial charge in [0.05, 0.1) is 0 Å². The van der Waals surface area contributed by atoms with Crippen LogP contribution in [0.15, 0.2) is 18.3 Å². The van der Waals surface area contributed by atoms with Gasteiger partial charge in [0.25, 0.3) is 5.91 Å². The van der Waals surface area contributed by atoms with Crippen LogP contribution in [-0.4, -0.2) is 60.0 Å². The van der Waals surface area contributed by atoms with Gasteiger partial charge in [0.15, 0.2) is 0 Å². The molecule has 1 aliphatic heterocycles. The molecule has 1 aliphatic rings. The van der Waals surface area contributed by atoms with Crippen molar-refractivity contribution in [1.29, 1.82) is 0 Å². The first-order valence-electron chi connectivity index (χ1n) is 6.85. The molecular formula is C14H22N4O. The van der Waals surface area contributed by atoms with Crippen LogP contribution >= 0.6 is 0 Å². The summed E-state index contributed by atoms with van der Waals surface area (Å²) in [5.41, 5.74) is 7.04. The first kappa shape index (κ1) is 14.0. The second kappa shape index (κ2) is 6.63. The van der Waals surface area contributed by atoms with Crippen LogP contribution in [0.5, 0.6) is 0 Å². The fourth-order valence-electron chi connectivity index (χ4n) is 2.35. The molecule has 0 aromatic carbocycles. The number of nitrogens with two attached hydrogens (primary N) is 1. The molecule has 2 rings (SSSR count). The third-order valence-electron chi connectivity index (χ3n) is 3.55. The molecule has 0 saturated carbocycles. The van der Waals surface area contributed by atoms with Crippen molar-refractivity contribution in [3.63, 3.8) is 0 Å². The van der Waals surface area contributed by atoms with Crippen LogP contribution < -0.4 is 5.73 Å². The highest BCUT2D eigenvalue weighted by molar-refractivity contribution is 5.93. The molecule has 0 radical (unpaired) electrons. The van der Waals surface area contributed by atoms with Gasteiger partial charge in [0.2, 0.25) is 0 Å². The SMILES string of the molecule is Cc1cccnc1C(=O)N1CCN(CCCN)CC1. The Morgan fingerprint density at radius 3 is 2.74 bits per heavy atom. The Hall–Kier alpha value is -1.46. The van der Waals surface area contributed by atoms with Crippen molar-refractivity contribution >= 4 is 5.91 Å². The maximum Gasteiger partial charge on any atom is 0.272 e. The summed E-state index contributed by atoms with van der Waals surface area (Å²) in [5, 5.41) is 0. The molecule has 2 N–H and O–H groups in total. The topological polar surface area (TPSA) is 62.5 Å². The summed E-state index contributed by atoms with van der Waals surface area (Å²) >= 11 is 0. The monoisotopic (exact) mass is 262 g/mol. The number of nitrogens with zero attached hydrogens (tertiary/aromatic N) is 3. The van der Waals surface area contributed by atoms with Gasteiger partial charge in [0, 0.05) is 32.4 Å². The van der Waals surface area contributed by atoms with E-state index in [1.54, 1.807) is 6.20 Å². The van der Waals surface area contributed by atoms with Gasteiger partial charge < -0.3 is 10.6 Å². The summed E-state index contributed by atoms with van der Waals surface area (Å²) < 4.78 is 0. The molecule has 0 aliphatic carbocycles. The summed E-state index contributed by atoms with van der Waals surface area (Å²) in [6.45, 7) is 7.10. The number of pyridine rings is 1. The molecule has 0 atom stereocenters. The van der Waals surface area contributed by atoms with Crippen molar-refractivity contribution in [2.24, 2.45) is 5.73 Å². The number of carbonyl (C=O) groups excluding carboxylic acids is 1. The molecule has 2 heterocycles. The Balaban J connectivity index is 1.91. The van der Waals surface area contributed by atoms with E-state index in [-0.39, 0.29) is 5.91 Å². The third kappa shape index (κ3) is 3.52. The van der Waals surface area contributed by atoms with Crippen molar-refractivity contribution < 1.29 is 4.79 Å². The summed E-state index contributed by atoms with van der Waals surface area (Å²) in [6.07, 6.45) is 2.70. The Morgan fingerprint density at radius 2 is 2.11 bits per heavy atom. The largest absolute Gasteiger partial charge is 0.335 e. The highest BCUT2D eigenvalue weighted by atomic mass is 16.2. The molecule has 1 aromatic rings. The molecule has 1 aromatic heterocycles. The molecule has 1 saturated heterocycles. The predicted molar refractivity (Wildman–Crippen MR) is 75.0 cm³/mol. The van der Waals surface area contributed by atoms with Crippen LogP contribution in [0.1, 0.15) is 22.5 Å². The molecule has 0 bridgehead atoms. The second-order valence-corrected chi connectivity index (χ2v) is 4.94. The minimum Gasteiger partial charge on any atom is -0.335 e. The van der Waals surface area contributed by atoms with Crippen LogP contribution in [0.2, 0.25) is 0 Å². The lowest BCUT2D eigenvalue weighted by Crippen LogP contribution is -2.49. The second-order valence-electron chi connectivity index (χ2n) is 4.94. The maximum atomic E-state index is 12.4. The molecule has 5 nitrogen and oxygen atoms in total. The minimum atomic E-state index is 0.0524. The van der Waals surface area contributed by atoms with Gasteiger partial charge >= 0.3 is 0 Å². The first-order chi connectivity index (χ1) is 9.22. The normalized spacial score (nSPS) is 16.6. The molecular weight excluding hydrogens is 240 g/mol. The van der Waals surface area contributed by atoms with Crippen LogP contribution in [0.3, 0.4) is 0 Å². The van der Waals surface area contributed by atoms with E-state index < -0.39 is 0 Å². The van der Waals surface area contributed by atoms with E-state index in [4.69, 9.17) is 5.73 Å². The van der Waals surface area contributed by atoms with Gasteiger partial charge in [0.1, 0.15) is 5.69 Å². The fourth-order valence-corrected chi connectivity index (χ4v) is 2.35. The maximum absolute atomic E-state index is 12.4. The van der Waals surface area contributed by atoms with E-state index in [2.05, 4.69) is 9.88 Å². The smallest absolute Gasteiger partial charge is 0.272 e. The summed E-state index contributed by atoms with van der Waals surface area (Å²) in [6, 6.07) is 3.79. The van der Waals surface area contributed by atoms with Crippen LogP contribution in [0, 0.1) is 6.92 Å². The highest BCUT2D eigenvalue weighted by Gasteiger charge is 2.23. The zero-order valence-corrected chi connectivity index (χ0v) is 11.5. The minimum absolute atomic E-state index is 0.0524. The van der Waals surface area contributed by atoms with Crippen molar-refractivity contribution in [2.75, 3.05) is 39.3 Å². The van der Waals surface area contributed by atoms with Crippen LogP contribution in [0.4, 0.5) is 0 Å². The van der Waals surface area contributed by atoms with Gasteiger partial charge in [-0.3, -0.25) is 14.7 Å². The summed E-state index contributed by atoms with van der Waals surface area (Å²) in [7, 11) is 0. The average molecular weight is 262 g/mol. The quantitative estimate of drug-likeness (QED) is 0.858. The van der Waals surface area contributed by atoms with Crippen LogP contribution in [-0.2, 0) is 0 Å². The Labute approximate surface area is 114 Å². The lowest BCUT2D eigenvalue weighted by atomic mass is 10.2. The Bertz CT molecular complexity index is 427. The van der Waals surface area contributed by atoms with Gasteiger partial charge in [-0.25, -0.2) is 0 Å². The zero-order chi connectivity index (χ0) is 13.7. The molecule has 19 heavy (non-hydrogen) atoms. The molecule has 1 amide bonds. The average Bonchev–Trinajstić information content (AvgIpc) is 2.45. The van der Waals surface area contributed by atoms with Crippen molar-refractivity contribution in [3.05, 3.63) is 29.6 Å². The zero-order valence-electron chi connectivity index (χ0n) is 11.5. The molecule has 0 unspecified atom stereocenters. The van der Waals surface area contributed by atoms with E-state index in [1.165, 1.54) is 0 Å². The van der Waals surface area contributed by atoms with Gasteiger partial charge in [-0.05, 0) is 38.1 Å². The Kier molecular flexibility index (Phi) is 4.87. The van der Waals surface area contributed by atoms with Crippen molar-refractivity contribution in [3.8, 4) is 0 Å². The van der Waals surface area contributed by atoms with Crippen molar-refractivity contribution in [1.82, 2.24) is 14.8 Å². The molecule has 0 spiro atoms. The Morgan fingerprint density at radius 1 is 1.37 bits per heavy atom. The van der Waals surface area contributed by atoms with Gasteiger partial charge in [-0.2, -0.15) is 0 Å².